The number of nitro groups is 1. The zero-order chi connectivity index (χ0) is 17.1. The minimum atomic E-state index is -0.418. The minimum absolute atomic E-state index is 0. The summed E-state index contributed by atoms with van der Waals surface area (Å²) in [5.41, 5.74) is 7.99. The van der Waals surface area contributed by atoms with Crippen LogP contribution < -0.4 is 5.73 Å². The minimum Gasteiger partial charge on any atom is -0.331 e. The van der Waals surface area contributed by atoms with Crippen molar-refractivity contribution in [1.82, 2.24) is 4.90 Å². The zero-order valence-electron chi connectivity index (χ0n) is 13.6. The Bertz CT molecular complexity index is 760. The summed E-state index contributed by atoms with van der Waals surface area (Å²) in [6.45, 7) is 0.818. The van der Waals surface area contributed by atoms with Gasteiger partial charge in [0.2, 0.25) is 0 Å². The summed E-state index contributed by atoms with van der Waals surface area (Å²) < 4.78 is 0. The third-order valence-electron chi connectivity index (χ3n) is 4.16. The van der Waals surface area contributed by atoms with E-state index >= 15 is 0 Å². The fourth-order valence-electron chi connectivity index (χ4n) is 2.67. The number of amides is 1. The molecule has 3 rings (SSSR count). The van der Waals surface area contributed by atoms with Gasteiger partial charge in [0.15, 0.2) is 0 Å². The van der Waals surface area contributed by atoms with Crippen LogP contribution in [0.15, 0.2) is 48.5 Å². The third-order valence-corrected chi connectivity index (χ3v) is 4.16. The van der Waals surface area contributed by atoms with Gasteiger partial charge in [-0.3, -0.25) is 14.9 Å². The Morgan fingerprint density at radius 3 is 2.40 bits per heavy atom. The number of rotatable bonds is 6. The van der Waals surface area contributed by atoms with Gasteiger partial charge in [-0.15, -0.1) is 12.4 Å². The molecule has 1 fully saturated rings. The lowest BCUT2D eigenvalue weighted by Crippen LogP contribution is -2.32. The highest BCUT2D eigenvalue weighted by atomic mass is 35.5. The van der Waals surface area contributed by atoms with Gasteiger partial charge >= 0.3 is 0 Å². The van der Waals surface area contributed by atoms with Crippen LogP contribution in [0, 0.1) is 10.1 Å². The molecule has 6 nitrogen and oxygen atoms in total. The predicted molar refractivity (Wildman–Crippen MR) is 97.6 cm³/mol. The first-order valence-electron chi connectivity index (χ1n) is 7.92. The van der Waals surface area contributed by atoms with Crippen molar-refractivity contribution in [2.75, 3.05) is 0 Å². The van der Waals surface area contributed by atoms with Crippen LogP contribution in [0.5, 0.6) is 0 Å². The topological polar surface area (TPSA) is 89.5 Å². The van der Waals surface area contributed by atoms with Crippen LogP contribution in [0.3, 0.4) is 0 Å². The molecule has 0 bridgehead atoms. The number of nitrogens with two attached hydrogens (primary N) is 1. The van der Waals surface area contributed by atoms with Crippen LogP contribution in [0.1, 0.15) is 34.3 Å². The fraction of sp³-hybridized carbons (Fsp3) is 0.278. The van der Waals surface area contributed by atoms with E-state index in [1.54, 1.807) is 23.1 Å². The molecule has 132 valence electrons. The van der Waals surface area contributed by atoms with Gasteiger partial charge in [0.05, 0.1) is 4.92 Å². The first kappa shape index (κ1) is 18.9. The first-order chi connectivity index (χ1) is 11.6. The SMILES string of the molecule is Cl.NCc1ccc(C(=O)N(Cc2cccc([N+](=O)[O-])c2)C2CC2)cc1. The summed E-state index contributed by atoms with van der Waals surface area (Å²) in [6.07, 6.45) is 1.95. The van der Waals surface area contributed by atoms with Crippen molar-refractivity contribution >= 4 is 24.0 Å². The molecule has 25 heavy (non-hydrogen) atoms. The van der Waals surface area contributed by atoms with Crippen LogP contribution in [-0.2, 0) is 13.1 Å². The Balaban J connectivity index is 0.00000225. The monoisotopic (exact) mass is 361 g/mol. The lowest BCUT2D eigenvalue weighted by Gasteiger charge is -2.22. The molecule has 0 saturated heterocycles. The van der Waals surface area contributed by atoms with Crippen molar-refractivity contribution in [1.29, 1.82) is 0 Å². The van der Waals surface area contributed by atoms with E-state index in [2.05, 4.69) is 0 Å². The Morgan fingerprint density at radius 2 is 1.84 bits per heavy atom. The maximum absolute atomic E-state index is 12.8. The third kappa shape index (κ3) is 4.55. The molecular formula is C18H20ClN3O3. The molecule has 2 N–H and O–H groups in total. The molecule has 1 aliphatic carbocycles. The highest BCUT2D eigenvalue weighted by Crippen LogP contribution is 2.30. The Morgan fingerprint density at radius 1 is 1.16 bits per heavy atom. The summed E-state index contributed by atoms with van der Waals surface area (Å²) in [7, 11) is 0. The Hall–Kier alpha value is -2.44. The maximum atomic E-state index is 12.8. The van der Waals surface area contributed by atoms with Crippen LogP contribution in [-0.4, -0.2) is 21.8 Å². The molecule has 0 aliphatic heterocycles. The molecule has 2 aromatic rings. The maximum Gasteiger partial charge on any atom is 0.269 e. The number of halogens is 1. The molecule has 0 aromatic heterocycles. The molecule has 7 heteroatoms. The van der Waals surface area contributed by atoms with Gasteiger partial charge in [-0.2, -0.15) is 0 Å². The van der Waals surface area contributed by atoms with Gasteiger partial charge in [0.25, 0.3) is 11.6 Å². The molecule has 0 radical (unpaired) electrons. The normalized spacial score (nSPS) is 13.0. The Kier molecular flexibility index (Phi) is 6.12. The van der Waals surface area contributed by atoms with Crippen LogP contribution >= 0.6 is 12.4 Å². The lowest BCUT2D eigenvalue weighted by molar-refractivity contribution is -0.384. The standard InChI is InChI=1S/C18H19N3O3.ClH/c19-11-13-4-6-15(7-5-13)18(22)20(16-8-9-16)12-14-2-1-3-17(10-14)21(23)24;/h1-7,10,16H,8-9,11-12,19H2;1H. The molecular weight excluding hydrogens is 342 g/mol. The van der Waals surface area contributed by atoms with E-state index in [0.29, 0.717) is 18.7 Å². The van der Waals surface area contributed by atoms with Gasteiger partial charge in [-0.05, 0) is 36.1 Å². The zero-order valence-corrected chi connectivity index (χ0v) is 14.4. The van der Waals surface area contributed by atoms with Crippen molar-refractivity contribution < 1.29 is 9.72 Å². The van der Waals surface area contributed by atoms with Crippen molar-refractivity contribution in [3.8, 4) is 0 Å². The number of hydrogen-bond donors (Lipinski definition) is 1. The number of hydrogen-bond acceptors (Lipinski definition) is 4. The van der Waals surface area contributed by atoms with Crippen LogP contribution in [0.2, 0.25) is 0 Å². The van der Waals surface area contributed by atoms with E-state index in [1.807, 2.05) is 18.2 Å². The Labute approximate surface area is 152 Å². The highest BCUT2D eigenvalue weighted by molar-refractivity contribution is 5.94. The first-order valence-corrected chi connectivity index (χ1v) is 7.92. The van der Waals surface area contributed by atoms with Gasteiger partial charge in [-0.1, -0.05) is 24.3 Å². The van der Waals surface area contributed by atoms with Gasteiger partial charge < -0.3 is 10.6 Å². The van der Waals surface area contributed by atoms with Gasteiger partial charge in [-0.25, -0.2) is 0 Å². The number of carbonyl (C=O) groups is 1. The van der Waals surface area contributed by atoms with Crippen molar-refractivity contribution in [3.63, 3.8) is 0 Å². The molecule has 0 spiro atoms. The van der Waals surface area contributed by atoms with E-state index < -0.39 is 4.92 Å². The van der Waals surface area contributed by atoms with Crippen LogP contribution in [0.4, 0.5) is 5.69 Å². The van der Waals surface area contributed by atoms with Crippen molar-refractivity contribution in [2.45, 2.75) is 32.0 Å². The van der Waals surface area contributed by atoms with E-state index in [4.69, 9.17) is 5.73 Å². The molecule has 2 aromatic carbocycles. The summed E-state index contributed by atoms with van der Waals surface area (Å²) >= 11 is 0. The number of carbonyl (C=O) groups excluding carboxylic acids is 1. The molecule has 1 amide bonds. The van der Waals surface area contributed by atoms with E-state index in [1.165, 1.54) is 12.1 Å². The second-order valence-electron chi connectivity index (χ2n) is 5.99. The summed E-state index contributed by atoms with van der Waals surface area (Å²) in [6, 6.07) is 13.9. The molecule has 1 saturated carbocycles. The number of nitrogens with zero attached hydrogens (tertiary/aromatic N) is 2. The fourth-order valence-corrected chi connectivity index (χ4v) is 2.67. The smallest absolute Gasteiger partial charge is 0.269 e. The van der Waals surface area contributed by atoms with Crippen molar-refractivity contribution in [3.05, 3.63) is 75.3 Å². The molecule has 0 atom stereocenters. The highest BCUT2D eigenvalue weighted by Gasteiger charge is 2.33. The van der Waals surface area contributed by atoms with Gasteiger partial charge in [0.1, 0.15) is 0 Å². The molecule has 1 aliphatic rings. The number of benzene rings is 2. The van der Waals surface area contributed by atoms with Crippen molar-refractivity contribution in [2.24, 2.45) is 5.73 Å². The quantitative estimate of drug-likeness (QED) is 0.631. The van der Waals surface area contributed by atoms with Crippen LogP contribution in [0.25, 0.3) is 0 Å². The van der Waals surface area contributed by atoms with E-state index in [9.17, 15) is 14.9 Å². The predicted octanol–water partition coefficient (Wildman–Crippen LogP) is 3.28. The second-order valence-corrected chi connectivity index (χ2v) is 5.99. The number of non-ortho nitro benzene ring substituents is 1. The lowest BCUT2D eigenvalue weighted by atomic mass is 10.1. The second kappa shape index (κ2) is 8.09. The van der Waals surface area contributed by atoms with E-state index in [0.717, 1.165) is 24.0 Å². The molecule has 0 unspecified atom stereocenters. The summed E-state index contributed by atoms with van der Waals surface area (Å²) in [5.74, 6) is -0.0485. The molecule has 0 heterocycles. The average molecular weight is 362 g/mol. The summed E-state index contributed by atoms with van der Waals surface area (Å²) in [5, 5.41) is 10.9. The largest absolute Gasteiger partial charge is 0.331 e. The van der Waals surface area contributed by atoms with E-state index in [-0.39, 0.29) is 30.0 Å². The summed E-state index contributed by atoms with van der Waals surface area (Å²) in [4.78, 5) is 25.1. The average Bonchev–Trinajstić information content (AvgIpc) is 3.44. The number of nitro benzene ring substituents is 1. The van der Waals surface area contributed by atoms with Gasteiger partial charge in [0, 0.05) is 36.8 Å².